The van der Waals surface area contributed by atoms with E-state index in [9.17, 15) is 4.79 Å². The molecule has 2 N–H and O–H groups in total. The van der Waals surface area contributed by atoms with Gasteiger partial charge < -0.3 is 15.4 Å². The number of amides is 1. The van der Waals surface area contributed by atoms with Crippen molar-refractivity contribution in [1.29, 1.82) is 0 Å². The molecule has 2 rings (SSSR count). The molecule has 1 saturated heterocycles. The van der Waals surface area contributed by atoms with Gasteiger partial charge in [0.15, 0.2) is 0 Å². The summed E-state index contributed by atoms with van der Waals surface area (Å²) in [5, 5.41) is 6.36. The zero-order valence-corrected chi connectivity index (χ0v) is 14.8. The van der Waals surface area contributed by atoms with E-state index in [0.29, 0.717) is 25.0 Å². The van der Waals surface area contributed by atoms with Gasteiger partial charge in [-0.3, -0.25) is 4.79 Å². The minimum atomic E-state index is -0.384. The van der Waals surface area contributed by atoms with Crippen LogP contribution < -0.4 is 10.6 Å². The van der Waals surface area contributed by atoms with Crippen molar-refractivity contribution in [2.45, 2.75) is 46.3 Å². The van der Waals surface area contributed by atoms with Crippen LogP contribution in [0.1, 0.15) is 44.9 Å². The maximum atomic E-state index is 12.4. The molecule has 0 aliphatic carbocycles. The summed E-state index contributed by atoms with van der Waals surface area (Å²) in [6, 6.07) is 8.65. The average molecular weight is 318 g/mol. The number of nitrogens with one attached hydrogen (secondary N) is 2. The first-order valence-corrected chi connectivity index (χ1v) is 8.69. The van der Waals surface area contributed by atoms with E-state index >= 15 is 0 Å². The normalized spacial score (nSPS) is 19.8. The van der Waals surface area contributed by atoms with Crippen molar-refractivity contribution in [1.82, 2.24) is 10.6 Å². The summed E-state index contributed by atoms with van der Waals surface area (Å²) < 4.78 is 5.54. The van der Waals surface area contributed by atoms with Gasteiger partial charge in [0.1, 0.15) is 6.10 Å². The molecule has 0 bridgehead atoms. The van der Waals surface area contributed by atoms with Crippen LogP contribution in [-0.2, 0) is 16.0 Å². The molecule has 2 unspecified atom stereocenters. The predicted octanol–water partition coefficient (Wildman–Crippen LogP) is 2.69. The minimum Gasteiger partial charge on any atom is -0.366 e. The van der Waals surface area contributed by atoms with E-state index in [-0.39, 0.29) is 18.1 Å². The summed E-state index contributed by atoms with van der Waals surface area (Å²) in [5.74, 6) is 0.950. The zero-order valence-electron chi connectivity index (χ0n) is 14.8. The average Bonchev–Trinajstić information content (AvgIpc) is 2.53. The summed E-state index contributed by atoms with van der Waals surface area (Å²) in [6.07, 6.45) is 0.700. The SMILES string of the molecule is CC(C)Cc1ccc(C(NC(=O)C2CNCCO2)C(C)C)cc1. The summed E-state index contributed by atoms with van der Waals surface area (Å²) in [6.45, 7) is 10.7. The Morgan fingerprint density at radius 1 is 1.26 bits per heavy atom. The van der Waals surface area contributed by atoms with E-state index in [1.807, 2.05) is 0 Å². The van der Waals surface area contributed by atoms with Crippen LogP contribution in [0, 0.1) is 11.8 Å². The van der Waals surface area contributed by atoms with Gasteiger partial charge in [-0.05, 0) is 29.4 Å². The lowest BCUT2D eigenvalue weighted by atomic mass is 9.93. The molecule has 1 heterocycles. The summed E-state index contributed by atoms with van der Waals surface area (Å²) in [4.78, 5) is 12.4. The van der Waals surface area contributed by atoms with Gasteiger partial charge in [-0.15, -0.1) is 0 Å². The van der Waals surface area contributed by atoms with Gasteiger partial charge in [0.25, 0.3) is 5.91 Å². The highest BCUT2D eigenvalue weighted by atomic mass is 16.5. The fourth-order valence-corrected chi connectivity index (χ4v) is 2.95. The van der Waals surface area contributed by atoms with Crippen LogP contribution in [0.2, 0.25) is 0 Å². The van der Waals surface area contributed by atoms with Crippen LogP contribution >= 0.6 is 0 Å². The van der Waals surface area contributed by atoms with Crippen molar-refractivity contribution in [3.63, 3.8) is 0 Å². The lowest BCUT2D eigenvalue weighted by Gasteiger charge is -2.28. The quantitative estimate of drug-likeness (QED) is 0.848. The molecule has 1 aliphatic rings. The first-order valence-electron chi connectivity index (χ1n) is 8.69. The second-order valence-electron chi connectivity index (χ2n) is 7.13. The molecule has 0 aromatic heterocycles. The number of hydrogen-bond acceptors (Lipinski definition) is 3. The molecule has 1 amide bonds. The Bertz CT molecular complexity index is 491. The van der Waals surface area contributed by atoms with Crippen LogP contribution in [-0.4, -0.2) is 31.7 Å². The van der Waals surface area contributed by atoms with Gasteiger partial charge in [-0.2, -0.15) is 0 Å². The van der Waals surface area contributed by atoms with Crippen LogP contribution in [0.4, 0.5) is 0 Å². The number of ether oxygens (including phenoxy) is 1. The van der Waals surface area contributed by atoms with Gasteiger partial charge >= 0.3 is 0 Å². The number of carbonyl (C=O) groups is 1. The predicted molar refractivity (Wildman–Crippen MR) is 93.3 cm³/mol. The van der Waals surface area contributed by atoms with E-state index in [2.05, 4.69) is 62.6 Å². The van der Waals surface area contributed by atoms with E-state index in [4.69, 9.17) is 4.74 Å². The number of carbonyl (C=O) groups excluding carboxylic acids is 1. The van der Waals surface area contributed by atoms with Crippen LogP contribution in [0.3, 0.4) is 0 Å². The molecule has 128 valence electrons. The highest BCUT2D eigenvalue weighted by Crippen LogP contribution is 2.23. The molecule has 0 saturated carbocycles. The summed E-state index contributed by atoms with van der Waals surface area (Å²) >= 11 is 0. The lowest BCUT2D eigenvalue weighted by Crippen LogP contribution is -2.49. The van der Waals surface area contributed by atoms with Gasteiger partial charge in [-0.1, -0.05) is 52.0 Å². The zero-order chi connectivity index (χ0) is 16.8. The summed E-state index contributed by atoms with van der Waals surface area (Å²) in [5.41, 5.74) is 2.50. The molecule has 1 aliphatic heterocycles. The fourth-order valence-electron chi connectivity index (χ4n) is 2.95. The Labute approximate surface area is 140 Å². The van der Waals surface area contributed by atoms with Crippen molar-refractivity contribution in [3.8, 4) is 0 Å². The lowest BCUT2D eigenvalue weighted by molar-refractivity contribution is -0.135. The number of benzene rings is 1. The molecule has 2 atom stereocenters. The Hall–Kier alpha value is -1.39. The molecular formula is C19H30N2O2. The first-order chi connectivity index (χ1) is 11.0. The van der Waals surface area contributed by atoms with Crippen molar-refractivity contribution in [2.75, 3.05) is 19.7 Å². The van der Waals surface area contributed by atoms with Gasteiger partial charge in [-0.25, -0.2) is 0 Å². The van der Waals surface area contributed by atoms with E-state index in [0.717, 1.165) is 18.5 Å². The van der Waals surface area contributed by atoms with Crippen molar-refractivity contribution < 1.29 is 9.53 Å². The van der Waals surface area contributed by atoms with Gasteiger partial charge in [0, 0.05) is 13.1 Å². The molecule has 23 heavy (non-hydrogen) atoms. The third-order valence-electron chi connectivity index (χ3n) is 4.17. The first kappa shape index (κ1) is 18.0. The van der Waals surface area contributed by atoms with Crippen LogP contribution in [0.15, 0.2) is 24.3 Å². The second kappa shape index (κ2) is 8.46. The van der Waals surface area contributed by atoms with Crippen molar-refractivity contribution in [3.05, 3.63) is 35.4 Å². The minimum absolute atomic E-state index is 0.0149. The third-order valence-corrected chi connectivity index (χ3v) is 4.17. The summed E-state index contributed by atoms with van der Waals surface area (Å²) in [7, 11) is 0. The molecule has 1 aromatic carbocycles. The number of morpholine rings is 1. The highest BCUT2D eigenvalue weighted by molar-refractivity contribution is 5.81. The maximum Gasteiger partial charge on any atom is 0.250 e. The van der Waals surface area contributed by atoms with Gasteiger partial charge in [0.05, 0.1) is 12.6 Å². The molecular weight excluding hydrogens is 288 g/mol. The molecule has 0 spiro atoms. The number of hydrogen-bond donors (Lipinski definition) is 2. The van der Waals surface area contributed by atoms with E-state index in [1.165, 1.54) is 5.56 Å². The Balaban J connectivity index is 2.04. The molecule has 1 fully saturated rings. The molecule has 4 nitrogen and oxygen atoms in total. The topological polar surface area (TPSA) is 50.4 Å². The second-order valence-corrected chi connectivity index (χ2v) is 7.13. The Kier molecular flexibility index (Phi) is 6.60. The smallest absolute Gasteiger partial charge is 0.250 e. The molecule has 0 radical (unpaired) electrons. The maximum absolute atomic E-state index is 12.4. The highest BCUT2D eigenvalue weighted by Gasteiger charge is 2.26. The third kappa shape index (κ3) is 5.33. The standard InChI is InChI=1S/C19H30N2O2/c1-13(2)11-15-5-7-16(8-6-15)18(14(3)4)21-19(22)17-12-20-9-10-23-17/h5-8,13-14,17-18,20H,9-12H2,1-4H3,(H,21,22). The number of rotatable bonds is 6. The molecule has 1 aromatic rings. The fraction of sp³-hybridized carbons (Fsp3) is 0.632. The molecule has 4 heteroatoms. The van der Waals surface area contributed by atoms with Crippen molar-refractivity contribution in [2.24, 2.45) is 11.8 Å². The van der Waals surface area contributed by atoms with E-state index in [1.54, 1.807) is 0 Å². The van der Waals surface area contributed by atoms with E-state index < -0.39 is 0 Å². The largest absolute Gasteiger partial charge is 0.366 e. The van der Waals surface area contributed by atoms with Crippen LogP contribution in [0.5, 0.6) is 0 Å². The van der Waals surface area contributed by atoms with Crippen molar-refractivity contribution >= 4 is 5.91 Å². The van der Waals surface area contributed by atoms with Gasteiger partial charge in [0.2, 0.25) is 0 Å². The van der Waals surface area contributed by atoms with Crippen LogP contribution in [0.25, 0.3) is 0 Å². The Morgan fingerprint density at radius 2 is 1.96 bits per heavy atom. The Morgan fingerprint density at radius 3 is 2.48 bits per heavy atom. The monoisotopic (exact) mass is 318 g/mol.